The van der Waals surface area contributed by atoms with Crippen LogP contribution in [-0.2, 0) is 0 Å². The number of benzene rings is 1. The molecule has 0 bridgehead atoms. The number of piperazine rings is 1. The van der Waals surface area contributed by atoms with Crippen LogP contribution in [0.15, 0.2) is 36.7 Å². The molecule has 1 aliphatic heterocycles. The molecule has 2 N–H and O–H groups in total. The minimum Gasteiger partial charge on any atom is -0.504 e. The maximum absolute atomic E-state index is 9.65. The molecule has 3 rings (SSSR count). The summed E-state index contributed by atoms with van der Waals surface area (Å²) in [4.78, 5) is 10.7. The van der Waals surface area contributed by atoms with Crippen molar-refractivity contribution in [2.24, 2.45) is 0 Å². The van der Waals surface area contributed by atoms with E-state index >= 15 is 0 Å². The summed E-state index contributed by atoms with van der Waals surface area (Å²) in [7, 11) is 0. The molecule has 1 fully saturated rings. The zero-order chi connectivity index (χ0) is 13.8. The number of phenols is 1. The lowest BCUT2D eigenvalue weighted by atomic mass is 10.3. The number of ether oxygens (including phenoxy) is 1. The van der Waals surface area contributed by atoms with Gasteiger partial charge in [-0.1, -0.05) is 12.1 Å². The number of rotatable bonds is 3. The van der Waals surface area contributed by atoms with Crippen molar-refractivity contribution in [1.82, 2.24) is 15.3 Å². The Morgan fingerprint density at radius 3 is 2.50 bits per heavy atom. The van der Waals surface area contributed by atoms with E-state index in [-0.39, 0.29) is 5.75 Å². The molecule has 0 saturated carbocycles. The first-order chi connectivity index (χ1) is 9.83. The number of anilines is 1. The molecule has 0 spiro atoms. The number of aromatic hydroxyl groups is 1. The lowest BCUT2D eigenvalue weighted by Crippen LogP contribution is -2.44. The molecule has 104 valence electrons. The fourth-order valence-electron chi connectivity index (χ4n) is 2.06. The van der Waals surface area contributed by atoms with Gasteiger partial charge in [0.05, 0.1) is 12.4 Å². The number of hydrogen-bond donors (Lipinski definition) is 2. The molecule has 0 amide bonds. The molecular weight excluding hydrogens is 256 g/mol. The van der Waals surface area contributed by atoms with E-state index < -0.39 is 0 Å². The van der Waals surface area contributed by atoms with Gasteiger partial charge in [0.25, 0.3) is 0 Å². The molecule has 0 atom stereocenters. The predicted octanol–water partition coefficient (Wildman–Crippen LogP) is 1.38. The quantitative estimate of drug-likeness (QED) is 0.879. The van der Waals surface area contributed by atoms with Crippen LogP contribution in [0, 0.1) is 0 Å². The summed E-state index contributed by atoms with van der Waals surface area (Å²) >= 11 is 0. The number of para-hydroxylation sites is 2. The highest BCUT2D eigenvalue weighted by Gasteiger charge is 2.13. The predicted molar refractivity (Wildman–Crippen MR) is 75.3 cm³/mol. The van der Waals surface area contributed by atoms with Gasteiger partial charge in [-0.15, -0.1) is 0 Å². The summed E-state index contributed by atoms with van der Waals surface area (Å²) < 4.78 is 5.55. The highest BCUT2D eigenvalue weighted by Crippen LogP contribution is 2.29. The standard InChI is InChI=1S/C14H16N4O2/c19-12-3-1-2-4-13(12)20-11-9-16-14(17-10-11)18-7-5-15-6-8-18/h1-4,9-10,15,19H,5-8H2. The van der Waals surface area contributed by atoms with Crippen molar-refractivity contribution in [2.45, 2.75) is 0 Å². The maximum Gasteiger partial charge on any atom is 0.225 e. The normalized spacial score (nSPS) is 15.1. The Morgan fingerprint density at radius 1 is 1.10 bits per heavy atom. The van der Waals surface area contributed by atoms with Gasteiger partial charge >= 0.3 is 0 Å². The van der Waals surface area contributed by atoms with E-state index in [2.05, 4.69) is 20.2 Å². The Bertz CT molecular complexity index is 568. The first kappa shape index (κ1) is 12.7. The van der Waals surface area contributed by atoms with Crippen molar-refractivity contribution >= 4 is 5.95 Å². The van der Waals surface area contributed by atoms with Gasteiger partial charge in [-0.2, -0.15) is 0 Å². The van der Waals surface area contributed by atoms with E-state index in [1.165, 1.54) is 0 Å². The minimum atomic E-state index is 0.0960. The lowest BCUT2D eigenvalue weighted by molar-refractivity contribution is 0.409. The van der Waals surface area contributed by atoms with Crippen LogP contribution in [0.5, 0.6) is 17.2 Å². The monoisotopic (exact) mass is 272 g/mol. The van der Waals surface area contributed by atoms with Crippen LogP contribution in [0.4, 0.5) is 5.95 Å². The summed E-state index contributed by atoms with van der Waals surface area (Å²) in [5, 5.41) is 12.9. The van der Waals surface area contributed by atoms with Crippen LogP contribution >= 0.6 is 0 Å². The van der Waals surface area contributed by atoms with Crippen LogP contribution < -0.4 is 15.0 Å². The Labute approximate surface area is 117 Å². The average Bonchev–Trinajstić information content (AvgIpc) is 2.51. The van der Waals surface area contributed by atoms with Crippen molar-refractivity contribution in [3.8, 4) is 17.2 Å². The number of aromatic nitrogens is 2. The third-order valence-corrected chi connectivity index (χ3v) is 3.11. The third kappa shape index (κ3) is 2.80. The number of hydrogen-bond acceptors (Lipinski definition) is 6. The molecule has 0 aliphatic carbocycles. The van der Waals surface area contributed by atoms with Crippen molar-refractivity contribution < 1.29 is 9.84 Å². The SMILES string of the molecule is Oc1ccccc1Oc1cnc(N2CCNCC2)nc1. The molecule has 1 aromatic heterocycles. The van der Waals surface area contributed by atoms with E-state index in [0.29, 0.717) is 17.4 Å². The van der Waals surface area contributed by atoms with Gasteiger partial charge < -0.3 is 20.1 Å². The van der Waals surface area contributed by atoms with E-state index in [9.17, 15) is 5.11 Å². The summed E-state index contributed by atoms with van der Waals surface area (Å²) in [5.41, 5.74) is 0. The van der Waals surface area contributed by atoms with Crippen LogP contribution in [0.1, 0.15) is 0 Å². The van der Waals surface area contributed by atoms with E-state index in [4.69, 9.17) is 4.74 Å². The smallest absolute Gasteiger partial charge is 0.225 e. The van der Waals surface area contributed by atoms with E-state index in [1.807, 2.05) is 0 Å². The third-order valence-electron chi connectivity index (χ3n) is 3.11. The topological polar surface area (TPSA) is 70.5 Å². The summed E-state index contributed by atoms with van der Waals surface area (Å²) in [6.45, 7) is 3.69. The Balaban J connectivity index is 1.71. The lowest BCUT2D eigenvalue weighted by Gasteiger charge is -2.27. The van der Waals surface area contributed by atoms with Crippen molar-refractivity contribution in [3.63, 3.8) is 0 Å². The average molecular weight is 272 g/mol. The molecule has 2 heterocycles. The van der Waals surface area contributed by atoms with Gasteiger partial charge in [0, 0.05) is 26.2 Å². The van der Waals surface area contributed by atoms with Crippen molar-refractivity contribution in [1.29, 1.82) is 0 Å². The van der Waals surface area contributed by atoms with Crippen molar-refractivity contribution in [2.75, 3.05) is 31.1 Å². The first-order valence-electron chi connectivity index (χ1n) is 6.56. The Hall–Kier alpha value is -2.34. The molecule has 1 aromatic carbocycles. The van der Waals surface area contributed by atoms with E-state index in [0.717, 1.165) is 26.2 Å². The molecule has 0 radical (unpaired) electrons. The molecule has 20 heavy (non-hydrogen) atoms. The van der Waals surface area contributed by atoms with Crippen LogP contribution in [0.3, 0.4) is 0 Å². The van der Waals surface area contributed by atoms with Gasteiger partial charge in [-0.05, 0) is 12.1 Å². The van der Waals surface area contributed by atoms with Gasteiger partial charge in [0.1, 0.15) is 0 Å². The molecule has 1 saturated heterocycles. The highest BCUT2D eigenvalue weighted by molar-refractivity contribution is 5.41. The second-order valence-corrected chi connectivity index (χ2v) is 4.53. The van der Waals surface area contributed by atoms with Gasteiger partial charge in [0.15, 0.2) is 17.2 Å². The summed E-state index contributed by atoms with van der Waals surface area (Å²) in [5.74, 6) is 1.70. The Kier molecular flexibility index (Phi) is 3.64. The Morgan fingerprint density at radius 2 is 1.80 bits per heavy atom. The van der Waals surface area contributed by atoms with Crippen molar-refractivity contribution in [3.05, 3.63) is 36.7 Å². The highest BCUT2D eigenvalue weighted by atomic mass is 16.5. The molecular formula is C14H16N4O2. The zero-order valence-corrected chi connectivity index (χ0v) is 11.0. The molecule has 0 unspecified atom stereocenters. The zero-order valence-electron chi connectivity index (χ0n) is 11.0. The summed E-state index contributed by atoms with van der Waals surface area (Å²) in [6, 6.07) is 6.81. The molecule has 6 heteroatoms. The van der Waals surface area contributed by atoms with Crippen LogP contribution in [-0.4, -0.2) is 41.3 Å². The van der Waals surface area contributed by atoms with Gasteiger partial charge in [-0.3, -0.25) is 0 Å². The van der Waals surface area contributed by atoms with Crippen LogP contribution in [0.2, 0.25) is 0 Å². The van der Waals surface area contributed by atoms with E-state index in [1.54, 1.807) is 36.7 Å². The fourth-order valence-corrected chi connectivity index (χ4v) is 2.06. The maximum atomic E-state index is 9.65. The number of nitrogens with zero attached hydrogens (tertiary/aromatic N) is 3. The molecule has 1 aliphatic rings. The first-order valence-corrected chi connectivity index (χ1v) is 6.56. The van der Waals surface area contributed by atoms with Gasteiger partial charge in [-0.25, -0.2) is 9.97 Å². The van der Waals surface area contributed by atoms with Gasteiger partial charge in [0.2, 0.25) is 5.95 Å². The fraction of sp³-hybridized carbons (Fsp3) is 0.286. The minimum absolute atomic E-state index is 0.0960. The number of phenolic OH excluding ortho intramolecular Hbond substituents is 1. The second-order valence-electron chi connectivity index (χ2n) is 4.53. The largest absolute Gasteiger partial charge is 0.504 e. The molecule has 6 nitrogen and oxygen atoms in total. The second kappa shape index (κ2) is 5.75. The summed E-state index contributed by atoms with van der Waals surface area (Å²) in [6.07, 6.45) is 3.24. The van der Waals surface area contributed by atoms with Crippen LogP contribution in [0.25, 0.3) is 0 Å². The number of nitrogens with one attached hydrogen (secondary N) is 1. The molecule has 2 aromatic rings.